The monoisotopic (exact) mass is 233 g/mol. The average Bonchev–Trinajstić information content (AvgIpc) is 2.26. The summed E-state index contributed by atoms with van der Waals surface area (Å²) in [5.74, 6) is 0.989. The molecule has 2 heteroatoms. The third-order valence-corrected chi connectivity index (χ3v) is 3.47. The molecular formula is C15H23NO. The van der Waals surface area contributed by atoms with Crippen molar-refractivity contribution in [2.24, 2.45) is 0 Å². The molecule has 0 amide bonds. The molecule has 17 heavy (non-hydrogen) atoms. The van der Waals surface area contributed by atoms with Gasteiger partial charge in [0.05, 0.1) is 11.7 Å². The van der Waals surface area contributed by atoms with Crippen molar-refractivity contribution in [1.82, 2.24) is 0 Å². The first-order valence-corrected chi connectivity index (χ1v) is 6.49. The van der Waals surface area contributed by atoms with Crippen molar-refractivity contribution in [3.63, 3.8) is 0 Å². The molecule has 1 aromatic carbocycles. The van der Waals surface area contributed by atoms with Crippen LogP contribution < -0.4 is 10.1 Å². The van der Waals surface area contributed by atoms with E-state index in [9.17, 15) is 0 Å². The zero-order chi connectivity index (χ0) is 12.6. The molecule has 1 heterocycles. The molecule has 1 N–H and O–H groups in total. The molecule has 0 bridgehead atoms. The molecule has 0 spiro atoms. The summed E-state index contributed by atoms with van der Waals surface area (Å²) in [5.41, 5.74) is 2.66. The quantitative estimate of drug-likeness (QED) is 0.793. The molecule has 2 rings (SSSR count). The van der Waals surface area contributed by atoms with Gasteiger partial charge in [0.25, 0.3) is 0 Å². The molecule has 0 aliphatic carbocycles. The Kier molecular flexibility index (Phi) is 3.07. The Labute approximate surface area is 104 Å². The molecule has 2 unspecified atom stereocenters. The van der Waals surface area contributed by atoms with Crippen LogP contribution >= 0.6 is 0 Å². The molecule has 1 aliphatic heterocycles. The van der Waals surface area contributed by atoms with Crippen LogP contribution in [0.5, 0.6) is 5.75 Å². The first kappa shape index (κ1) is 12.3. The van der Waals surface area contributed by atoms with Crippen LogP contribution in [0.2, 0.25) is 0 Å². The molecule has 0 aromatic heterocycles. The van der Waals surface area contributed by atoms with E-state index in [1.807, 2.05) is 0 Å². The third kappa shape index (κ3) is 2.41. The van der Waals surface area contributed by atoms with Crippen molar-refractivity contribution in [2.75, 3.05) is 5.32 Å². The number of benzene rings is 1. The SMILES string of the molecule is CCC1Oc2ccc(C(C)(C)C)cc2NC1C. The second kappa shape index (κ2) is 4.25. The molecule has 1 aliphatic rings. The Morgan fingerprint density at radius 1 is 1.29 bits per heavy atom. The predicted molar refractivity (Wildman–Crippen MR) is 72.9 cm³/mol. The van der Waals surface area contributed by atoms with Gasteiger partial charge in [0, 0.05) is 0 Å². The van der Waals surface area contributed by atoms with E-state index in [1.54, 1.807) is 0 Å². The Morgan fingerprint density at radius 3 is 2.59 bits per heavy atom. The number of hydrogen-bond donors (Lipinski definition) is 1. The molecular weight excluding hydrogens is 210 g/mol. The van der Waals surface area contributed by atoms with Crippen LogP contribution in [0, 0.1) is 0 Å². The highest BCUT2D eigenvalue weighted by atomic mass is 16.5. The minimum absolute atomic E-state index is 0.182. The summed E-state index contributed by atoms with van der Waals surface area (Å²) in [5, 5.41) is 3.55. The Morgan fingerprint density at radius 2 is 2.00 bits per heavy atom. The van der Waals surface area contributed by atoms with Gasteiger partial charge in [0.2, 0.25) is 0 Å². The zero-order valence-corrected chi connectivity index (χ0v) is 11.5. The van der Waals surface area contributed by atoms with Gasteiger partial charge in [-0.15, -0.1) is 0 Å². The van der Waals surface area contributed by atoms with Crippen molar-refractivity contribution < 1.29 is 4.74 Å². The number of hydrogen-bond acceptors (Lipinski definition) is 2. The van der Waals surface area contributed by atoms with E-state index < -0.39 is 0 Å². The normalized spacial score (nSPS) is 23.6. The number of nitrogens with one attached hydrogen (secondary N) is 1. The van der Waals surface area contributed by atoms with Crippen molar-refractivity contribution in [1.29, 1.82) is 0 Å². The van der Waals surface area contributed by atoms with E-state index in [2.05, 4.69) is 58.1 Å². The van der Waals surface area contributed by atoms with E-state index in [-0.39, 0.29) is 11.5 Å². The number of ether oxygens (including phenoxy) is 1. The van der Waals surface area contributed by atoms with E-state index >= 15 is 0 Å². The van der Waals surface area contributed by atoms with Crippen LogP contribution in [0.4, 0.5) is 5.69 Å². The van der Waals surface area contributed by atoms with Crippen molar-refractivity contribution in [2.45, 2.75) is 58.6 Å². The van der Waals surface area contributed by atoms with Gasteiger partial charge in [-0.1, -0.05) is 33.8 Å². The second-order valence-corrected chi connectivity index (χ2v) is 5.96. The average molecular weight is 233 g/mol. The summed E-state index contributed by atoms with van der Waals surface area (Å²) in [6.45, 7) is 11.0. The lowest BCUT2D eigenvalue weighted by molar-refractivity contribution is 0.170. The fraction of sp³-hybridized carbons (Fsp3) is 0.600. The third-order valence-electron chi connectivity index (χ3n) is 3.47. The van der Waals surface area contributed by atoms with E-state index in [4.69, 9.17) is 4.74 Å². The minimum atomic E-state index is 0.182. The maximum atomic E-state index is 6.00. The first-order valence-electron chi connectivity index (χ1n) is 6.49. The largest absolute Gasteiger partial charge is 0.486 e. The van der Waals surface area contributed by atoms with Crippen LogP contribution in [-0.4, -0.2) is 12.1 Å². The van der Waals surface area contributed by atoms with Crippen LogP contribution in [0.15, 0.2) is 18.2 Å². The summed E-state index contributed by atoms with van der Waals surface area (Å²) in [6, 6.07) is 6.86. The fourth-order valence-corrected chi connectivity index (χ4v) is 2.25. The van der Waals surface area contributed by atoms with Crippen LogP contribution in [0.3, 0.4) is 0 Å². The lowest BCUT2D eigenvalue weighted by Gasteiger charge is -2.33. The summed E-state index contributed by atoms with van der Waals surface area (Å²) in [4.78, 5) is 0. The molecule has 94 valence electrons. The zero-order valence-electron chi connectivity index (χ0n) is 11.5. The Balaban J connectivity index is 2.33. The first-order chi connectivity index (χ1) is 7.91. The summed E-state index contributed by atoms with van der Waals surface area (Å²) >= 11 is 0. The molecule has 0 radical (unpaired) electrons. The van der Waals surface area contributed by atoms with Crippen LogP contribution in [0.1, 0.15) is 46.6 Å². The molecule has 2 atom stereocenters. The lowest BCUT2D eigenvalue weighted by atomic mass is 9.86. The van der Waals surface area contributed by atoms with E-state index in [1.165, 1.54) is 5.56 Å². The topological polar surface area (TPSA) is 21.3 Å². The lowest BCUT2D eigenvalue weighted by Crippen LogP contribution is -2.38. The molecule has 0 fully saturated rings. The smallest absolute Gasteiger partial charge is 0.142 e. The van der Waals surface area contributed by atoms with Gasteiger partial charge in [-0.3, -0.25) is 0 Å². The minimum Gasteiger partial charge on any atom is -0.486 e. The van der Waals surface area contributed by atoms with E-state index in [0.717, 1.165) is 17.9 Å². The van der Waals surface area contributed by atoms with Crippen LogP contribution in [0.25, 0.3) is 0 Å². The summed E-state index contributed by atoms with van der Waals surface area (Å²) in [6.07, 6.45) is 1.32. The van der Waals surface area contributed by atoms with Crippen molar-refractivity contribution in [3.8, 4) is 5.75 Å². The molecule has 0 saturated heterocycles. The molecule has 1 aromatic rings. The fourth-order valence-electron chi connectivity index (χ4n) is 2.25. The predicted octanol–water partition coefficient (Wildman–Crippen LogP) is 3.96. The highest BCUT2D eigenvalue weighted by Crippen LogP contribution is 2.36. The Hall–Kier alpha value is -1.18. The van der Waals surface area contributed by atoms with Gasteiger partial charge in [-0.25, -0.2) is 0 Å². The van der Waals surface area contributed by atoms with Crippen LogP contribution in [-0.2, 0) is 5.41 Å². The van der Waals surface area contributed by atoms with Gasteiger partial charge >= 0.3 is 0 Å². The molecule has 0 saturated carbocycles. The van der Waals surface area contributed by atoms with Gasteiger partial charge in [0.15, 0.2) is 0 Å². The summed E-state index contributed by atoms with van der Waals surface area (Å²) < 4.78 is 6.00. The number of rotatable bonds is 1. The van der Waals surface area contributed by atoms with Gasteiger partial charge in [-0.2, -0.15) is 0 Å². The van der Waals surface area contributed by atoms with Crippen molar-refractivity contribution >= 4 is 5.69 Å². The maximum Gasteiger partial charge on any atom is 0.142 e. The number of fused-ring (bicyclic) bond motifs is 1. The standard InChI is InChI=1S/C15H23NO/c1-6-13-10(2)16-12-9-11(15(3,4)5)7-8-14(12)17-13/h7-10,13,16H,6H2,1-5H3. The van der Waals surface area contributed by atoms with Gasteiger partial charge in [0.1, 0.15) is 11.9 Å². The highest BCUT2D eigenvalue weighted by molar-refractivity contribution is 5.61. The molecule has 2 nitrogen and oxygen atoms in total. The summed E-state index contributed by atoms with van der Waals surface area (Å²) in [7, 11) is 0. The number of anilines is 1. The van der Waals surface area contributed by atoms with Gasteiger partial charge in [-0.05, 0) is 36.5 Å². The maximum absolute atomic E-state index is 6.00. The van der Waals surface area contributed by atoms with Crippen molar-refractivity contribution in [3.05, 3.63) is 23.8 Å². The van der Waals surface area contributed by atoms with Gasteiger partial charge < -0.3 is 10.1 Å². The van der Waals surface area contributed by atoms with E-state index in [0.29, 0.717) is 6.04 Å². The highest BCUT2D eigenvalue weighted by Gasteiger charge is 2.25. The Bertz CT molecular complexity index is 406. The second-order valence-electron chi connectivity index (χ2n) is 5.96.